The molecule has 0 amide bonds. The molecule has 0 spiro atoms. The summed E-state index contributed by atoms with van der Waals surface area (Å²) in [6.07, 6.45) is 1.61. The molecule has 0 aliphatic rings. The number of benzene rings is 2. The average Bonchev–Trinajstić information content (AvgIpc) is 2.48. The van der Waals surface area contributed by atoms with Crippen LogP contribution in [0.2, 0.25) is 0 Å². The molecule has 104 valence electrons. The molecule has 2 rings (SSSR count). The zero-order chi connectivity index (χ0) is 14.5. The van der Waals surface area contributed by atoms with Crippen LogP contribution in [0.25, 0.3) is 11.1 Å². The van der Waals surface area contributed by atoms with Gasteiger partial charge in [-0.05, 0) is 29.7 Å². The Morgan fingerprint density at radius 3 is 2.30 bits per heavy atom. The molecule has 0 bridgehead atoms. The Morgan fingerprint density at radius 2 is 1.75 bits per heavy atom. The molecule has 0 aromatic heterocycles. The largest absolute Gasteiger partial charge is 0.497 e. The minimum Gasteiger partial charge on any atom is -0.497 e. The van der Waals surface area contributed by atoms with Gasteiger partial charge < -0.3 is 4.74 Å². The van der Waals surface area contributed by atoms with Crippen LogP contribution < -0.4 is 4.74 Å². The number of nitro groups is 1. The lowest BCUT2D eigenvalue weighted by Crippen LogP contribution is -1.96. The van der Waals surface area contributed by atoms with Crippen molar-refractivity contribution in [2.45, 2.75) is 19.8 Å². The predicted octanol–water partition coefficient (Wildman–Crippen LogP) is 4.22. The van der Waals surface area contributed by atoms with E-state index in [9.17, 15) is 10.1 Å². The molecular formula is C16H17NO3. The van der Waals surface area contributed by atoms with Crippen LogP contribution in [-0.2, 0) is 6.42 Å². The van der Waals surface area contributed by atoms with Gasteiger partial charge in [0.1, 0.15) is 5.75 Å². The van der Waals surface area contributed by atoms with Gasteiger partial charge in [-0.1, -0.05) is 37.6 Å². The number of rotatable bonds is 5. The Bertz CT molecular complexity index is 606. The fourth-order valence-electron chi connectivity index (χ4n) is 2.18. The first-order valence-corrected chi connectivity index (χ1v) is 6.57. The maximum Gasteiger partial charge on any atom is 0.273 e. The Balaban J connectivity index is 2.41. The molecule has 0 unspecified atom stereocenters. The van der Waals surface area contributed by atoms with Crippen molar-refractivity contribution < 1.29 is 9.66 Å². The van der Waals surface area contributed by atoms with Crippen molar-refractivity contribution in [2.24, 2.45) is 0 Å². The summed E-state index contributed by atoms with van der Waals surface area (Å²) in [5, 5.41) is 11.2. The van der Waals surface area contributed by atoms with E-state index in [2.05, 4.69) is 0 Å². The number of hydrogen-bond acceptors (Lipinski definition) is 3. The van der Waals surface area contributed by atoms with Gasteiger partial charge in [-0.15, -0.1) is 0 Å². The molecule has 0 fully saturated rings. The van der Waals surface area contributed by atoms with Crippen LogP contribution in [0.3, 0.4) is 0 Å². The van der Waals surface area contributed by atoms with Crippen molar-refractivity contribution in [1.82, 2.24) is 0 Å². The van der Waals surface area contributed by atoms with Crippen molar-refractivity contribution in [3.63, 3.8) is 0 Å². The van der Waals surface area contributed by atoms with Crippen molar-refractivity contribution in [1.29, 1.82) is 0 Å². The zero-order valence-electron chi connectivity index (χ0n) is 11.6. The molecule has 4 nitrogen and oxygen atoms in total. The lowest BCUT2D eigenvalue weighted by molar-refractivity contribution is -0.385. The summed E-state index contributed by atoms with van der Waals surface area (Å²) in [6, 6.07) is 12.9. The fraction of sp³-hybridized carbons (Fsp3) is 0.250. The molecule has 0 heterocycles. The lowest BCUT2D eigenvalue weighted by Gasteiger charge is -2.06. The first-order chi connectivity index (χ1) is 9.65. The quantitative estimate of drug-likeness (QED) is 0.604. The highest BCUT2D eigenvalue weighted by Crippen LogP contribution is 2.29. The monoisotopic (exact) mass is 271 g/mol. The summed E-state index contributed by atoms with van der Waals surface area (Å²) in [7, 11) is 1.61. The number of nitrogens with zero attached hydrogens (tertiary/aromatic N) is 1. The van der Waals surface area contributed by atoms with E-state index < -0.39 is 0 Å². The number of hydrogen-bond donors (Lipinski definition) is 0. The first kappa shape index (κ1) is 14.1. The van der Waals surface area contributed by atoms with Crippen LogP contribution in [0.5, 0.6) is 5.75 Å². The molecule has 2 aromatic carbocycles. The standard InChI is InChI=1S/C16H17NO3/c1-3-4-13-5-6-14(11-16(13)17(18)19)12-7-9-15(20-2)10-8-12/h5-11H,3-4H2,1-2H3. The van der Waals surface area contributed by atoms with E-state index >= 15 is 0 Å². The van der Waals surface area contributed by atoms with Gasteiger partial charge in [0.25, 0.3) is 5.69 Å². The molecule has 4 heteroatoms. The lowest BCUT2D eigenvalue weighted by atomic mass is 10.0. The third kappa shape index (κ3) is 2.96. The summed E-state index contributed by atoms with van der Waals surface area (Å²) in [5.74, 6) is 0.769. The van der Waals surface area contributed by atoms with Crippen LogP contribution in [0.1, 0.15) is 18.9 Å². The molecule has 20 heavy (non-hydrogen) atoms. The Hall–Kier alpha value is -2.36. The van der Waals surface area contributed by atoms with Crippen LogP contribution >= 0.6 is 0 Å². The number of nitro benzene ring substituents is 1. The third-order valence-corrected chi connectivity index (χ3v) is 3.22. The summed E-state index contributed by atoms with van der Waals surface area (Å²) in [4.78, 5) is 10.9. The molecule has 2 aromatic rings. The highest BCUT2D eigenvalue weighted by atomic mass is 16.6. The first-order valence-electron chi connectivity index (χ1n) is 6.57. The van der Waals surface area contributed by atoms with Crippen molar-refractivity contribution in [3.8, 4) is 16.9 Å². The van der Waals surface area contributed by atoms with Crippen LogP contribution in [-0.4, -0.2) is 12.0 Å². The van der Waals surface area contributed by atoms with Gasteiger partial charge in [-0.3, -0.25) is 10.1 Å². The van der Waals surface area contributed by atoms with E-state index in [-0.39, 0.29) is 10.6 Å². The normalized spacial score (nSPS) is 10.3. The predicted molar refractivity (Wildman–Crippen MR) is 79.1 cm³/mol. The van der Waals surface area contributed by atoms with Gasteiger partial charge >= 0.3 is 0 Å². The molecule has 0 N–H and O–H groups in total. The zero-order valence-corrected chi connectivity index (χ0v) is 11.6. The van der Waals surface area contributed by atoms with E-state index in [0.717, 1.165) is 35.3 Å². The number of methoxy groups -OCH3 is 1. The molecule has 0 radical (unpaired) electrons. The van der Waals surface area contributed by atoms with E-state index in [1.165, 1.54) is 0 Å². The second-order valence-corrected chi connectivity index (χ2v) is 4.58. The maximum absolute atomic E-state index is 11.2. The van der Waals surface area contributed by atoms with E-state index in [0.29, 0.717) is 0 Å². The van der Waals surface area contributed by atoms with Gasteiger partial charge in [0.2, 0.25) is 0 Å². The molecule has 0 saturated heterocycles. The van der Waals surface area contributed by atoms with Gasteiger partial charge in [0, 0.05) is 11.6 Å². The molecule has 0 saturated carbocycles. The van der Waals surface area contributed by atoms with Crippen molar-refractivity contribution >= 4 is 5.69 Å². The van der Waals surface area contributed by atoms with E-state index in [1.54, 1.807) is 13.2 Å². The highest BCUT2D eigenvalue weighted by Gasteiger charge is 2.14. The summed E-state index contributed by atoms with van der Waals surface area (Å²) in [6.45, 7) is 2.01. The fourth-order valence-corrected chi connectivity index (χ4v) is 2.18. The SMILES string of the molecule is CCCc1ccc(-c2ccc(OC)cc2)cc1[N+](=O)[O-]. The second-order valence-electron chi connectivity index (χ2n) is 4.58. The third-order valence-electron chi connectivity index (χ3n) is 3.22. The Kier molecular flexibility index (Phi) is 4.35. The highest BCUT2D eigenvalue weighted by molar-refractivity contribution is 5.68. The Morgan fingerprint density at radius 1 is 1.10 bits per heavy atom. The van der Waals surface area contributed by atoms with Crippen LogP contribution in [0.4, 0.5) is 5.69 Å². The van der Waals surface area contributed by atoms with Crippen LogP contribution in [0, 0.1) is 10.1 Å². The molecule has 0 aliphatic carbocycles. The molecule has 0 atom stereocenters. The van der Waals surface area contributed by atoms with Gasteiger partial charge in [-0.2, -0.15) is 0 Å². The van der Waals surface area contributed by atoms with Crippen molar-refractivity contribution in [3.05, 3.63) is 58.1 Å². The molecular weight excluding hydrogens is 254 g/mol. The second kappa shape index (κ2) is 6.19. The Labute approximate surface area is 118 Å². The van der Waals surface area contributed by atoms with Gasteiger partial charge in [0.05, 0.1) is 12.0 Å². The average molecular weight is 271 g/mol. The topological polar surface area (TPSA) is 52.4 Å². The molecule has 0 aliphatic heterocycles. The van der Waals surface area contributed by atoms with Crippen LogP contribution in [0.15, 0.2) is 42.5 Å². The smallest absolute Gasteiger partial charge is 0.273 e. The van der Waals surface area contributed by atoms with Gasteiger partial charge in [0.15, 0.2) is 0 Å². The van der Waals surface area contributed by atoms with E-state index in [1.807, 2.05) is 43.3 Å². The van der Waals surface area contributed by atoms with Gasteiger partial charge in [-0.25, -0.2) is 0 Å². The van der Waals surface area contributed by atoms with E-state index in [4.69, 9.17) is 4.74 Å². The number of aryl methyl sites for hydroxylation is 1. The number of ether oxygens (including phenoxy) is 1. The van der Waals surface area contributed by atoms with Crippen molar-refractivity contribution in [2.75, 3.05) is 7.11 Å². The summed E-state index contributed by atoms with van der Waals surface area (Å²) >= 11 is 0. The minimum absolute atomic E-state index is 0.195. The summed E-state index contributed by atoms with van der Waals surface area (Å²) < 4.78 is 5.11. The minimum atomic E-state index is -0.308. The maximum atomic E-state index is 11.2. The summed E-state index contributed by atoms with van der Waals surface area (Å²) in [5.41, 5.74) is 2.77.